The highest BCUT2D eigenvalue weighted by atomic mass is 28.4. The van der Waals surface area contributed by atoms with E-state index in [9.17, 15) is 5.11 Å². The maximum absolute atomic E-state index is 10.3. The van der Waals surface area contributed by atoms with Crippen LogP contribution in [0.3, 0.4) is 0 Å². The standard InChI is InChI=1S/C27H40O4Si/c1-20-24(30-27(6,7)31-25(20)21(2)28)18-19-29-32(26(3,4)5,22-14-10-8-11-15-22)23-16-12-9-13-17-23/h8-17,20-21,24-25,28H,18-19H2,1-7H3/t20-,21-,24+,25-/m0/s1. The second-order valence-electron chi connectivity index (χ2n) is 10.5. The SMILES string of the molecule is C[C@@H]1[C@@H]([C@H](C)O)OC(C)(C)O[C@@H]1CCO[Si](c1ccccc1)(c1ccccc1)C(C)(C)C. The summed E-state index contributed by atoms with van der Waals surface area (Å²) < 4.78 is 19.3. The van der Waals surface area contributed by atoms with Gasteiger partial charge in [0.15, 0.2) is 5.79 Å². The first kappa shape index (κ1) is 25.1. The van der Waals surface area contributed by atoms with E-state index in [1.165, 1.54) is 10.4 Å². The molecule has 1 aliphatic rings. The highest BCUT2D eigenvalue weighted by Gasteiger charge is 2.50. The molecule has 3 rings (SSSR count). The quantitative estimate of drug-likeness (QED) is 0.624. The summed E-state index contributed by atoms with van der Waals surface area (Å²) in [4.78, 5) is 0. The van der Waals surface area contributed by atoms with Gasteiger partial charge in [0.2, 0.25) is 0 Å². The normalized spacial score (nSPS) is 24.8. The van der Waals surface area contributed by atoms with Crippen LogP contribution in [0.2, 0.25) is 5.04 Å². The van der Waals surface area contributed by atoms with Crippen LogP contribution in [0.5, 0.6) is 0 Å². The van der Waals surface area contributed by atoms with Crippen LogP contribution in [0.25, 0.3) is 0 Å². The maximum Gasteiger partial charge on any atom is 0.261 e. The van der Waals surface area contributed by atoms with E-state index in [1.807, 2.05) is 13.8 Å². The molecule has 4 nitrogen and oxygen atoms in total. The molecule has 32 heavy (non-hydrogen) atoms. The zero-order valence-corrected chi connectivity index (χ0v) is 21.7. The van der Waals surface area contributed by atoms with Gasteiger partial charge in [0.25, 0.3) is 8.32 Å². The van der Waals surface area contributed by atoms with Gasteiger partial charge in [0.1, 0.15) is 0 Å². The Morgan fingerprint density at radius 3 is 1.91 bits per heavy atom. The molecule has 1 aliphatic heterocycles. The van der Waals surface area contributed by atoms with Crippen molar-refractivity contribution in [3.8, 4) is 0 Å². The predicted octanol–water partition coefficient (Wildman–Crippen LogP) is 4.49. The number of rotatable bonds is 7. The molecule has 1 saturated heterocycles. The van der Waals surface area contributed by atoms with E-state index in [4.69, 9.17) is 13.9 Å². The Balaban J connectivity index is 1.90. The summed E-state index contributed by atoms with van der Waals surface area (Å²) in [5, 5.41) is 12.8. The lowest BCUT2D eigenvalue weighted by atomic mass is 9.90. The van der Waals surface area contributed by atoms with Crippen LogP contribution in [-0.2, 0) is 13.9 Å². The summed E-state index contributed by atoms with van der Waals surface area (Å²) in [6.45, 7) is 15.2. The van der Waals surface area contributed by atoms with Crippen molar-refractivity contribution < 1.29 is 19.0 Å². The van der Waals surface area contributed by atoms with Gasteiger partial charge in [-0.25, -0.2) is 0 Å². The van der Waals surface area contributed by atoms with Crippen molar-refractivity contribution >= 4 is 18.7 Å². The van der Waals surface area contributed by atoms with E-state index in [0.29, 0.717) is 6.61 Å². The lowest BCUT2D eigenvalue weighted by molar-refractivity contribution is -0.332. The molecule has 0 amide bonds. The van der Waals surface area contributed by atoms with Gasteiger partial charge in [0, 0.05) is 12.5 Å². The molecular formula is C27H40O4Si. The predicted molar refractivity (Wildman–Crippen MR) is 133 cm³/mol. The highest BCUT2D eigenvalue weighted by molar-refractivity contribution is 6.99. The summed E-state index contributed by atoms with van der Waals surface area (Å²) in [5.41, 5.74) is 0. The lowest BCUT2D eigenvalue weighted by Crippen LogP contribution is -2.66. The smallest absolute Gasteiger partial charge is 0.261 e. The molecule has 1 fully saturated rings. The van der Waals surface area contributed by atoms with Crippen molar-refractivity contribution in [2.75, 3.05) is 6.61 Å². The van der Waals surface area contributed by atoms with Crippen LogP contribution in [0, 0.1) is 5.92 Å². The summed E-state index contributed by atoms with van der Waals surface area (Å²) in [6, 6.07) is 21.4. The molecular weight excluding hydrogens is 416 g/mol. The van der Waals surface area contributed by atoms with Crippen LogP contribution < -0.4 is 10.4 Å². The van der Waals surface area contributed by atoms with Gasteiger partial charge >= 0.3 is 0 Å². The molecule has 0 aromatic heterocycles. The Hall–Kier alpha value is -1.50. The molecule has 1 heterocycles. The number of hydrogen-bond acceptors (Lipinski definition) is 4. The first-order valence-corrected chi connectivity index (χ1v) is 13.7. The zero-order valence-electron chi connectivity index (χ0n) is 20.7. The first-order valence-electron chi connectivity index (χ1n) is 11.8. The molecule has 0 bridgehead atoms. The Kier molecular flexibility index (Phi) is 7.68. The topological polar surface area (TPSA) is 47.9 Å². The fraction of sp³-hybridized carbons (Fsp3) is 0.556. The van der Waals surface area contributed by atoms with E-state index in [0.717, 1.165) is 6.42 Å². The zero-order chi connectivity index (χ0) is 23.6. The third-order valence-corrected chi connectivity index (χ3v) is 11.6. The molecule has 2 aromatic rings. The largest absolute Gasteiger partial charge is 0.407 e. The molecule has 2 aromatic carbocycles. The van der Waals surface area contributed by atoms with Crippen molar-refractivity contribution in [2.24, 2.45) is 5.92 Å². The monoisotopic (exact) mass is 456 g/mol. The molecule has 4 atom stereocenters. The molecule has 1 N–H and O–H groups in total. The number of hydrogen-bond donors (Lipinski definition) is 1. The van der Waals surface area contributed by atoms with Gasteiger partial charge in [-0.15, -0.1) is 0 Å². The molecule has 0 aliphatic carbocycles. The fourth-order valence-electron chi connectivity index (χ4n) is 5.10. The number of ether oxygens (including phenoxy) is 2. The van der Waals surface area contributed by atoms with Gasteiger partial charge in [0.05, 0.1) is 18.3 Å². The third kappa shape index (κ3) is 5.18. The number of aliphatic hydroxyl groups is 1. The van der Waals surface area contributed by atoms with Crippen molar-refractivity contribution in [3.05, 3.63) is 60.7 Å². The van der Waals surface area contributed by atoms with Crippen molar-refractivity contribution in [1.82, 2.24) is 0 Å². The number of aliphatic hydroxyl groups excluding tert-OH is 1. The molecule has 0 spiro atoms. The van der Waals surface area contributed by atoms with E-state index in [1.54, 1.807) is 6.92 Å². The van der Waals surface area contributed by atoms with Gasteiger partial charge < -0.3 is 19.0 Å². The molecule has 5 heteroatoms. The Bertz CT molecular complexity index is 805. The second-order valence-corrected chi connectivity index (χ2v) is 14.8. The van der Waals surface area contributed by atoms with Crippen LogP contribution in [0.15, 0.2) is 60.7 Å². The van der Waals surface area contributed by atoms with Crippen LogP contribution in [0.1, 0.15) is 54.9 Å². The highest BCUT2D eigenvalue weighted by Crippen LogP contribution is 2.38. The Morgan fingerprint density at radius 1 is 0.969 bits per heavy atom. The average molecular weight is 457 g/mol. The summed E-state index contributed by atoms with van der Waals surface area (Å²) in [6.07, 6.45) is -0.0942. The van der Waals surface area contributed by atoms with Crippen LogP contribution >= 0.6 is 0 Å². The Labute approximate surface area is 195 Å². The van der Waals surface area contributed by atoms with E-state index in [-0.39, 0.29) is 23.2 Å². The molecule has 0 radical (unpaired) electrons. The second kappa shape index (κ2) is 9.78. The first-order chi connectivity index (χ1) is 15.0. The lowest BCUT2D eigenvalue weighted by Gasteiger charge is -2.47. The minimum Gasteiger partial charge on any atom is -0.407 e. The van der Waals surface area contributed by atoms with Gasteiger partial charge in [-0.3, -0.25) is 0 Å². The average Bonchev–Trinajstić information content (AvgIpc) is 2.73. The van der Waals surface area contributed by atoms with E-state index >= 15 is 0 Å². The van der Waals surface area contributed by atoms with Gasteiger partial charge in [-0.1, -0.05) is 88.4 Å². The van der Waals surface area contributed by atoms with E-state index < -0.39 is 20.2 Å². The van der Waals surface area contributed by atoms with Crippen LogP contribution in [-0.4, -0.2) is 44.1 Å². The van der Waals surface area contributed by atoms with Gasteiger partial charge in [-0.2, -0.15) is 0 Å². The van der Waals surface area contributed by atoms with E-state index in [2.05, 4.69) is 88.4 Å². The fourth-order valence-corrected chi connectivity index (χ4v) is 9.68. The molecule has 0 saturated carbocycles. The van der Waals surface area contributed by atoms with Crippen molar-refractivity contribution in [2.45, 2.75) is 84.0 Å². The Morgan fingerprint density at radius 2 is 1.47 bits per heavy atom. The number of benzene rings is 2. The third-order valence-electron chi connectivity index (χ3n) is 6.57. The van der Waals surface area contributed by atoms with Crippen molar-refractivity contribution in [1.29, 1.82) is 0 Å². The molecule has 176 valence electrons. The maximum atomic E-state index is 10.3. The van der Waals surface area contributed by atoms with Crippen molar-refractivity contribution in [3.63, 3.8) is 0 Å². The van der Waals surface area contributed by atoms with Crippen LogP contribution in [0.4, 0.5) is 0 Å². The molecule has 0 unspecified atom stereocenters. The minimum absolute atomic E-state index is 0.0448. The summed E-state index contributed by atoms with van der Waals surface area (Å²) in [5.74, 6) is -0.651. The summed E-state index contributed by atoms with van der Waals surface area (Å²) in [7, 11) is -2.57. The summed E-state index contributed by atoms with van der Waals surface area (Å²) >= 11 is 0. The van der Waals surface area contributed by atoms with Gasteiger partial charge in [-0.05, 0) is 42.6 Å². The minimum atomic E-state index is -2.57.